The summed E-state index contributed by atoms with van der Waals surface area (Å²) in [7, 11) is 0. The van der Waals surface area contributed by atoms with E-state index in [0.29, 0.717) is 24.3 Å². The predicted octanol–water partition coefficient (Wildman–Crippen LogP) is 1.56. The molecule has 0 aromatic heterocycles. The van der Waals surface area contributed by atoms with Gasteiger partial charge in [0.15, 0.2) is 0 Å². The topological polar surface area (TPSA) is 66.6 Å². The van der Waals surface area contributed by atoms with E-state index in [2.05, 4.69) is 0 Å². The molecule has 18 heavy (non-hydrogen) atoms. The van der Waals surface area contributed by atoms with Crippen molar-refractivity contribution < 1.29 is 9.90 Å². The van der Waals surface area contributed by atoms with Gasteiger partial charge >= 0.3 is 0 Å². The molecule has 0 radical (unpaired) electrons. The zero-order valence-corrected chi connectivity index (χ0v) is 10.9. The largest absolute Gasteiger partial charge is 0.399 e. The fraction of sp³-hybridized carbons (Fsp3) is 0.500. The van der Waals surface area contributed by atoms with Gasteiger partial charge in [0.25, 0.3) is 5.91 Å². The van der Waals surface area contributed by atoms with Crippen LogP contribution >= 0.6 is 0 Å². The van der Waals surface area contributed by atoms with Gasteiger partial charge in [0.1, 0.15) is 0 Å². The van der Waals surface area contributed by atoms with Crippen LogP contribution in [-0.2, 0) is 0 Å². The Labute approximate surface area is 107 Å². The summed E-state index contributed by atoms with van der Waals surface area (Å²) in [4.78, 5) is 13.9. The molecule has 4 heteroatoms. The van der Waals surface area contributed by atoms with Crippen LogP contribution in [0.25, 0.3) is 0 Å². The minimum absolute atomic E-state index is 0.0498. The molecule has 0 spiro atoms. The Hall–Kier alpha value is -1.55. The summed E-state index contributed by atoms with van der Waals surface area (Å²) >= 11 is 0. The number of β-amino-alcohol motifs (C(OH)–C–C–N with tert-alkyl or cyclic N) is 1. The standard InChI is InChI=1S/C14H20N2O2/c1-3-4-14(18)8-16(9-14)13(17)11-5-10(2)6-12(15)7-11/h5-7,18H,3-4,8-9,15H2,1-2H3. The number of rotatable bonds is 3. The average molecular weight is 248 g/mol. The third kappa shape index (κ3) is 2.48. The Morgan fingerprint density at radius 1 is 1.44 bits per heavy atom. The maximum Gasteiger partial charge on any atom is 0.254 e. The van der Waals surface area contributed by atoms with Crippen molar-refractivity contribution in [2.24, 2.45) is 0 Å². The van der Waals surface area contributed by atoms with E-state index in [1.54, 1.807) is 11.0 Å². The molecule has 98 valence electrons. The van der Waals surface area contributed by atoms with E-state index in [-0.39, 0.29) is 5.91 Å². The number of carbonyl (C=O) groups excluding carboxylic acids is 1. The maximum absolute atomic E-state index is 12.2. The van der Waals surface area contributed by atoms with E-state index < -0.39 is 5.60 Å². The quantitative estimate of drug-likeness (QED) is 0.798. The molecular weight excluding hydrogens is 228 g/mol. The van der Waals surface area contributed by atoms with Crippen molar-refractivity contribution in [1.82, 2.24) is 4.90 Å². The molecule has 1 fully saturated rings. The Morgan fingerprint density at radius 3 is 2.67 bits per heavy atom. The van der Waals surface area contributed by atoms with Crippen LogP contribution in [0, 0.1) is 6.92 Å². The number of aryl methyl sites for hydroxylation is 1. The molecule has 1 heterocycles. The minimum Gasteiger partial charge on any atom is -0.399 e. The van der Waals surface area contributed by atoms with E-state index in [4.69, 9.17) is 5.73 Å². The first kappa shape index (κ1) is 12.9. The molecule has 1 aromatic carbocycles. The van der Waals surface area contributed by atoms with Gasteiger partial charge in [-0.15, -0.1) is 0 Å². The van der Waals surface area contributed by atoms with Gasteiger partial charge in [-0.2, -0.15) is 0 Å². The SMILES string of the molecule is CCCC1(O)CN(C(=O)c2cc(C)cc(N)c2)C1. The third-order valence-electron chi connectivity index (χ3n) is 3.32. The zero-order chi connectivity index (χ0) is 13.3. The van der Waals surface area contributed by atoms with Crippen LogP contribution in [0.15, 0.2) is 18.2 Å². The van der Waals surface area contributed by atoms with E-state index in [0.717, 1.165) is 18.4 Å². The van der Waals surface area contributed by atoms with Gasteiger partial charge in [0, 0.05) is 11.3 Å². The second kappa shape index (κ2) is 4.61. The monoisotopic (exact) mass is 248 g/mol. The lowest BCUT2D eigenvalue weighted by Crippen LogP contribution is -2.63. The number of amides is 1. The summed E-state index contributed by atoms with van der Waals surface area (Å²) in [5, 5.41) is 10.1. The number of benzene rings is 1. The van der Waals surface area contributed by atoms with Crippen molar-refractivity contribution in [2.75, 3.05) is 18.8 Å². The molecular formula is C14H20N2O2. The zero-order valence-electron chi connectivity index (χ0n) is 10.9. The molecule has 1 amide bonds. The number of hydrogen-bond donors (Lipinski definition) is 2. The van der Waals surface area contributed by atoms with Crippen LogP contribution in [0.4, 0.5) is 5.69 Å². The number of nitrogen functional groups attached to an aromatic ring is 1. The number of nitrogens with two attached hydrogens (primary N) is 1. The Balaban J connectivity index is 2.06. The second-order valence-electron chi connectivity index (χ2n) is 5.27. The number of aliphatic hydroxyl groups is 1. The van der Waals surface area contributed by atoms with Gasteiger partial charge in [0.2, 0.25) is 0 Å². The maximum atomic E-state index is 12.2. The van der Waals surface area contributed by atoms with Crippen molar-refractivity contribution in [1.29, 1.82) is 0 Å². The second-order valence-corrected chi connectivity index (χ2v) is 5.27. The van der Waals surface area contributed by atoms with Crippen LogP contribution in [-0.4, -0.2) is 34.6 Å². The molecule has 1 aliphatic rings. The summed E-state index contributed by atoms with van der Waals surface area (Å²) < 4.78 is 0. The number of hydrogen-bond acceptors (Lipinski definition) is 3. The van der Waals surface area contributed by atoms with Gasteiger partial charge in [-0.05, 0) is 37.1 Å². The molecule has 0 unspecified atom stereocenters. The fourth-order valence-corrected chi connectivity index (χ4v) is 2.55. The molecule has 3 N–H and O–H groups in total. The molecule has 0 aliphatic carbocycles. The first-order valence-corrected chi connectivity index (χ1v) is 6.32. The Morgan fingerprint density at radius 2 is 2.11 bits per heavy atom. The highest BCUT2D eigenvalue weighted by molar-refractivity contribution is 5.96. The van der Waals surface area contributed by atoms with Crippen LogP contribution in [0.5, 0.6) is 0 Å². The lowest BCUT2D eigenvalue weighted by atomic mass is 9.88. The van der Waals surface area contributed by atoms with Crippen LogP contribution in [0.1, 0.15) is 35.7 Å². The summed E-state index contributed by atoms with van der Waals surface area (Å²) in [6, 6.07) is 5.35. The van der Waals surface area contributed by atoms with Crippen molar-refractivity contribution >= 4 is 11.6 Å². The summed E-state index contributed by atoms with van der Waals surface area (Å²) in [6.45, 7) is 4.79. The smallest absolute Gasteiger partial charge is 0.254 e. The molecule has 0 atom stereocenters. The highest BCUT2D eigenvalue weighted by atomic mass is 16.3. The van der Waals surface area contributed by atoms with Crippen LogP contribution in [0.2, 0.25) is 0 Å². The fourth-order valence-electron chi connectivity index (χ4n) is 2.55. The van der Waals surface area contributed by atoms with Gasteiger partial charge in [0.05, 0.1) is 18.7 Å². The van der Waals surface area contributed by atoms with Crippen LogP contribution < -0.4 is 5.73 Å². The molecule has 0 saturated carbocycles. The lowest BCUT2D eigenvalue weighted by molar-refractivity contribution is -0.0860. The molecule has 1 saturated heterocycles. The summed E-state index contributed by atoms with van der Waals surface area (Å²) in [5.41, 5.74) is 7.23. The number of carbonyl (C=O) groups is 1. The van der Waals surface area contributed by atoms with E-state index in [1.165, 1.54) is 0 Å². The van der Waals surface area contributed by atoms with Crippen molar-refractivity contribution in [3.63, 3.8) is 0 Å². The van der Waals surface area contributed by atoms with E-state index in [9.17, 15) is 9.90 Å². The molecule has 2 rings (SSSR count). The van der Waals surface area contributed by atoms with Crippen molar-refractivity contribution in [3.05, 3.63) is 29.3 Å². The van der Waals surface area contributed by atoms with Gasteiger partial charge < -0.3 is 15.7 Å². The first-order chi connectivity index (χ1) is 8.43. The average Bonchev–Trinajstić information content (AvgIpc) is 2.23. The summed E-state index contributed by atoms with van der Waals surface area (Å²) in [6.07, 6.45) is 1.67. The normalized spacial score (nSPS) is 17.4. The lowest BCUT2D eigenvalue weighted by Gasteiger charge is -2.46. The van der Waals surface area contributed by atoms with Gasteiger partial charge in [-0.1, -0.05) is 13.3 Å². The third-order valence-corrected chi connectivity index (χ3v) is 3.32. The number of nitrogens with zero attached hydrogens (tertiary/aromatic N) is 1. The highest BCUT2D eigenvalue weighted by Crippen LogP contribution is 2.27. The van der Waals surface area contributed by atoms with Gasteiger partial charge in [-0.25, -0.2) is 0 Å². The van der Waals surface area contributed by atoms with E-state index >= 15 is 0 Å². The Kier molecular flexibility index (Phi) is 3.30. The first-order valence-electron chi connectivity index (χ1n) is 6.32. The van der Waals surface area contributed by atoms with Crippen molar-refractivity contribution in [2.45, 2.75) is 32.3 Å². The molecule has 0 bridgehead atoms. The van der Waals surface area contributed by atoms with Crippen molar-refractivity contribution in [3.8, 4) is 0 Å². The molecule has 4 nitrogen and oxygen atoms in total. The van der Waals surface area contributed by atoms with E-state index in [1.807, 2.05) is 26.0 Å². The number of likely N-dealkylation sites (tertiary alicyclic amines) is 1. The minimum atomic E-state index is -0.681. The molecule has 1 aliphatic heterocycles. The highest BCUT2D eigenvalue weighted by Gasteiger charge is 2.42. The van der Waals surface area contributed by atoms with Crippen LogP contribution in [0.3, 0.4) is 0 Å². The molecule has 1 aromatic rings. The predicted molar refractivity (Wildman–Crippen MR) is 71.4 cm³/mol. The van der Waals surface area contributed by atoms with Gasteiger partial charge in [-0.3, -0.25) is 4.79 Å². The summed E-state index contributed by atoms with van der Waals surface area (Å²) in [5.74, 6) is -0.0498. The number of anilines is 1. The Bertz CT molecular complexity index is 445.